The Morgan fingerprint density at radius 3 is 2.53 bits per heavy atom. The van der Waals surface area contributed by atoms with E-state index in [-0.39, 0.29) is 13.2 Å². The van der Waals surface area contributed by atoms with Crippen LogP contribution >= 0.6 is 0 Å². The summed E-state index contributed by atoms with van der Waals surface area (Å²) in [5.41, 5.74) is 4.30. The first-order valence-corrected chi connectivity index (χ1v) is 5.32. The Balaban J connectivity index is 3.31. The number of nitrogens with zero attached hydrogens (tertiary/aromatic N) is 2. The van der Waals surface area contributed by atoms with Crippen molar-refractivity contribution in [2.45, 2.75) is 6.18 Å². The number of aliphatic hydroxyl groups is 1. The molecule has 0 aliphatic rings. The fourth-order valence-corrected chi connectivity index (χ4v) is 1.56. The number of oxime groups is 1. The number of alkyl halides is 3. The molecule has 0 spiro atoms. The van der Waals surface area contributed by atoms with Crippen LogP contribution in [0.25, 0.3) is 0 Å². The van der Waals surface area contributed by atoms with Crippen molar-refractivity contribution in [1.29, 1.82) is 0 Å². The molecule has 0 atom stereocenters. The number of likely N-dealkylation sites (N-methyl/N-ethyl adjacent to an activating group) is 1. The molecule has 0 bridgehead atoms. The Hall–Kier alpha value is -1.96. The summed E-state index contributed by atoms with van der Waals surface area (Å²) in [6.45, 7) is 0.109. The first-order chi connectivity index (χ1) is 8.81. The molecule has 0 saturated carbocycles. The summed E-state index contributed by atoms with van der Waals surface area (Å²) in [7, 11) is 1.61. The van der Waals surface area contributed by atoms with Gasteiger partial charge < -0.3 is 20.9 Å². The van der Waals surface area contributed by atoms with E-state index in [0.717, 1.165) is 12.1 Å². The van der Waals surface area contributed by atoms with E-state index in [0.29, 0.717) is 5.69 Å². The van der Waals surface area contributed by atoms with Crippen molar-refractivity contribution in [2.24, 2.45) is 10.9 Å². The number of anilines is 1. The molecule has 4 N–H and O–H groups in total. The first kappa shape index (κ1) is 15.1. The lowest BCUT2D eigenvalue weighted by Crippen LogP contribution is -2.24. The average molecular weight is 277 g/mol. The summed E-state index contributed by atoms with van der Waals surface area (Å²) in [5, 5.41) is 20.0. The van der Waals surface area contributed by atoms with Gasteiger partial charge in [0.15, 0.2) is 5.84 Å². The second-order valence-electron chi connectivity index (χ2n) is 3.86. The summed E-state index contributed by atoms with van der Waals surface area (Å²) in [4.78, 5) is 1.55. The summed E-state index contributed by atoms with van der Waals surface area (Å²) >= 11 is 0. The van der Waals surface area contributed by atoms with Crippen LogP contribution in [0.1, 0.15) is 11.1 Å². The smallest absolute Gasteiger partial charge is 0.409 e. The predicted molar refractivity (Wildman–Crippen MR) is 64.3 cm³/mol. The van der Waals surface area contributed by atoms with Crippen LogP contribution in [-0.4, -0.2) is 36.3 Å². The Morgan fingerprint density at radius 1 is 1.42 bits per heavy atom. The Morgan fingerprint density at radius 2 is 2.05 bits per heavy atom. The van der Waals surface area contributed by atoms with Crippen LogP contribution in [0, 0.1) is 0 Å². The molecule has 8 heteroatoms. The van der Waals surface area contributed by atoms with E-state index in [1.54, 1.807) is 11.9 Å². The Bertz CT molecular complexity index is 475. The van der Waals surface area contributed by atoms with Crippen LogP contribution in [-0.2, 0) is 6.18 Å². The number of rotatable bonds is 4. The number of aliphatic hydroxyl groups excluding tert-OH is 1. The first-order valence-electron chi connectivity index (χ1n) is 5.32. The third-order valence-corrected chi connectivity index (χ3v) is 2.57. The zero-order valence-electron chi connectivity index (χ0n) is 10.1. The maximum atomic E-state index is 12.8. The molecular weight excluding hydrogens is 263 g/mol. The van der Waals surface area contributed by atoms with E-state index in [2.05, 4.69) is 5.16 Å². The van der Waals surface area contributed by atoms with Crippen molar-refractivity contribution in [3.63, 3.8) is 0 Å². The van der Waals surface area contributed by atoms with Gasteiger partial charge in [-0.25, -0.2) is 0 Å². The quantitative estimate of drug-likeness (QED) is 0.334. The minimum Gasteiger partial charge on any atom is -0.409 e. The normalized spacial score (nSPS) is 12.6. The third kappa shape index (κ3) is 3.50. The van der Waals surface area contributed by atoms with Crippen LogP contribution < -0.4 is 10.6 Å². The topological polar surface area (TPSA) is 82.1 Å². The van der Waals surface area contributed by atoms with Crippen LogP contribution in [0.3, 0.4) is 0 Å². The van der Waals surface area contributed by atoms with Crippen molar-refractivity contribution in [3.8, 4) is 0 Å². The van der Waals surface area contributed by atoms with Gasteiger partial charge in [0.1, 0.15) is 0 Å². The molecule has 0 amide bonds. The monoisotopic (exact) mass is 277 g/mol. The fraction of sp³-hybridized carbons (Fsp3) is 0.364. The fourth-order valence-electron chi connectivity index (χ4n) is 1.56. The van der Waals surface area contributed by atoms with Crippen molar-refractivity contribution < 1.29 is 23.5 Å². The summed E-state index contributed by atoms with van der Waals surface area (Å²) in [5.74, 6) is -0.619. The molecule has 106 valence electrons. The molecule has 0 saturated heterocycles. The third-order valence-electron chi connectivity index (χ3n) is 2.57. The molecule has 19 heavy (non-hydrogen) atoms. The van der Waals surface area contributed by atoms with Gasteiger partial charge >= 0.3 is 6.18 Å². The molecule has 0 heterocycles. The molecule has 0 aromatic heterocycles. The van der Waals surface area contributed by atoms with Crippen LogP contribution in [0.2, 0.25) is 0 Å². The Labute approximate surface area is 107 Å². The van der Waals surface area contributed by atoms with E-state index in [1.807, 2.05) is 0 Å². The molecule has 0 aliphatic carbocycles. The average Bonchev–Trinajstić information content (AvgIpc) is 2.36. The van der Waals surface area contributed by atoms with Crippen LogP contribution in [0.5, 0.6) is 0 Å². The number of amidine groups is 1. The molecule has 0 radical (unpaired) electrons. The standard InChI is InChI=1S/C11H14F3N3O2/c1-17(4-5-18)7-2-3-9(11(12,13)14)8(6-7)10(15)16-19/h2-3,6,18-19H,4-5H2,1H3,(H2,15,16). The second kappa shape index (κ2) is 5.79. The summed E-state index contributed by atoms with van der Waals surface area (Å²) in [6, 6.07) is 3.27. The molecular formula is C11H14F3N3O2. The highest BCUT2D eigenvalue weighted by atomic mass is 19.4. The maximum Gasteiger partial charge on any atom is 0.417 e. The number of hydrogen-bond acceptors (Lipinski definition) is 4. The highest BCUT2D eigenvalue weighted by Crippen LogP contribution is 2.33. The lowest BCUT2D eigenvalue weighted by atomic mass is 10.0. The lowest BCUT2D eigenvalue weighted by molar-refractivity contribution is -0.137. The summed E-state index contributed by atoms with van der Waals surface area (Å²) < 4.78 is 38.3. The lowest BCUT2D eigenvalue weighted by Gasteiger charge is -2.20. The SMILES string of the molecule is CN(CCO)c1ccc(C(F)(F)F)c(/C(N)=N/O)c1. The van der Waals surface area contributed by atoms with Crippen molar-refractivity contribution >= 4 is 11.5 Å². The minimum atomic E-state index is -4.60. The minimum absolute atomic E-state index is 0.142. The molecule has 5 nitrogen and oxygen atoms in total. The molecule has 1 aromatic rings. The van der Waals surface area contributed by atoms with E-state index < -0.39 is 23.1 Å². The number of halogens is 3. The van der Waals surface area contributed by atoms with Gasteiger partial charge in [0.25, 0.3) is 0 Å². The maximum absolute atomic E-state index is 12.8. The van der Waals surface area contributed by atoms with Gasteiger partial charge in [0.2, 0.25) is 0 Å². The molecule has 0 unspecified atom stereocenters. The van der Waals surface area contributed by atoms with E-state index in [4.69, 9.17) is 16.0 Å². The second-order valence-corrected chi connectivity index (χ2v) is 3.86. The number of hydrogen-bond donors (Lipinski definition) is 3. The van der Waals surface area contributed by atoms with Gasteiger partial charge in [0, 0.05) is 24.8 Å². The Kier molecular flexibility index (Phi) is 4.60. The zero-order valence-corrected chi connectivity index (χ0v) is 10.1. The van der Waals surface area contributed by atoms with E-state index in [9.17, 15) is 13.2 Å². The largest absolute Gasteiger partial charge is 0.417 e. The van der Waals surface area contributed by atoms with Crippen LogP contribution in [0.15, 0.2) is 23.4 Å². The van der Waals surface area contributed by atoms with Crippen LogP contribution in [0.4, 0.5) is 18.9 Å². The van der Waals surface area contributed by atoms with Crippen molar-refractivity contribution in [1.82, 2.24) is 0 Å². The number of benzene rings is 1. The highest BCUT2D eigenvalue weighted by molar-refractivity contribution is 5.99. The van der Waals surface area contributed by atoms with Gasteiger partial charge in [-0.1, -0.05) is 5.16 Å². The van der Waals surface area contributed by atoms with Gasteiger partial charge in [-0.3, -0.25) is 0 Å². The molecule has 0 aliphatic heterocycles. The van der Waals surface area contributed by atoms with E-state index >= 15 is 0 Å². The zero-order chi connectivity index (χ0) is 14.6. The molecule has 1 rings (SSSR count). The van der Waals surface area contributed by atoms with Crippen molar-refractivity contribution in [2.75, 3.05) is 25.1 Å². The van der Waals surface area contributed by atoms with Gasteiger partial charge in [-0.2, -0.15) is 13.2 Å². The summed E-state index contributed by atoms with van der Waals surface area (Å²) in [6.07, 6.45) is -4.60. The highest BCUT2D eigenvalue weighted by Gasteiger charge is 2.34. The van der Waals surface area contributed by atoms with Gasteiger partial charge in [-0.15, -0.1) is 0 Å². The van der Waals surface area contributed by atoms with Gasteiger partial charge in [0.05, 0.1) is 12.2 Å². The van der Waals surface area contributed by atoms with E-state index in [1.165, 1.54) is 6.07 Å². The van der Waals surface area contributed by atoms with Crippen molar-refractivity contribution in [3.05, 3.63) is 29.3 Å². The van der Waals surface area contributed by atoms with Gasteiger partial charge in [-0.05, 0) is 18.2 Å². The molecule has 1 aromatic carbocycles. The number of nitrogens with two attached hydrogens (primary N) is 1. The molecule has 0 fully saturated rings. The predicted octanol–water partition coefficient (Wildman–Crippen LogP) is 1.23.